The highest BCUT2D eigenvalue weighted by atomic mass is 16.2. The molecule has 4 nitrogen and oxygen atoms in total. The molecule has 4 heteroatoms. The van der Waals surface area contributed by atoms with Gasteiger partial charge >= 0.3 is 0 Å². The monoisotopic (exact) mass is 247 g/mol. The van der Waals surface area contributed by atoms with Gasteiger partial charge < -0.3 is 10.6 Å². The average Bonchev–Trinajstić information content (AvgIpc) is 3.09. The molecule has 3 aliphatic rings. The van der Waals surface area contributed by atoms with Gasteiger partial charge in [-0.3, -0.25) is 4.79 Å². The molecule has 4 unspecified atom stereocenters. The molecule has 98 valence electrons. The van der Waals surface area contributed by atoms with E-state index in [4.69, 9.17) is 5.73 Å². The van der Waals surface area contributed by atoms with Crippen molar-refractivity contribution >= 4 is 5.91 Å². The van der Waals surface area contributed by atoms with Crippen molar-refractivity contribution in [2.45, 2.75) is 50.6 Å². The largest absolute Gasteiger partial charge is 0.325 e. The SMILES string of the molecule is N#CC1C2CC2CN1C(=O)C(N)C1CCCCC1. The summed E-state index contributed by atoms with van der Waals surface area (Å²) in [6.45, 7) is 0.766. The van der Waals surface area contributed by atoms with E-state index in [1.807, 2.05) is 0 Å². The van der Waals surface area contributed by atoms with Crippen molar-refractivity contribution in [2.75, 3.05) is 6.54 Å². The van der Waals surface area contributed by atoms with Gasteiger partial charge in [-0.2, -0.15) is 5.26 Å². The van der Waals surface area contributed by atoms with Crippen LogP contribution in [0.2, 0.25) is 0 Å². The summed E-state index contributed by atoms with van der Waals surface area (Å²) < 4.78 is 0. The third-order valence-electron chi connectivity index (χ3n) is 5.01. The van der Waals surface area contributed by atoms with E-state index in [-0.39, 0.29) is 18.0 Å². The Kier molecular flexibility index (Phi) is 3.03. The Hall–Kier alpha value is -1.08. The van der Waals surface area contributed by atoms with Crippen LogP contribution in [0.4, 0.5) is 0 Å². The Balaban J connectivity index is 1.65. The number of nitrogens with zero attached hydrogens (tertiary/aromatic N) is 2. The maximum absolute atomic E-state index is 12.4. The van der Waals surface area contributed by atoms with Crippen molar-refractivity contribution in [3.8, 4) is 6.07 Å². The van der Waals surface area contributed by atoms with Crippen LogP contribution in [0.25, 0.3) is 0 Å². The van der Waals surface area contributed by atoms with E-state index in [0.717, 1.165) is 25.8 Å². The molecule has 0 spiro atoms. The summed E-state index contributed by atoms with van der Waals surface area (Å²) in [5.41, 5.74) is 6.15. The predicted molar refractivity (Wildman–Crippen MR) is 67.3 cm³/mol. The molecule has 3 rings (SSSR count). The van der Waals surface area contributed by atoms with Crippen LogP contribution >= 0.6 is 0 Å². The molecule has 2 aliphatic carbocycles. The van der Waals surface area contributed by atoms with Crippen molar-refractivity contribution in [2.24, 2.45) is 23.5 Å². The molecule has 2 saturated carbocycles. The number of piperidine rings is 1. The smallest absolute Gasteiger partial charge is 0.240 e. The van der Waals surface area contributed by atoms with Gasteiger partial charge in [0, 0.05) is 6.54 Å². The molecule has 18 heavy (non-hydrogen) atoms. The lowest BCUT2D eigenvalue weighted by Gasteiger charge is -2.31. The zero-order valence-electron chi connectivity index (χ0n) is 10.7. The van der Waals surface area contributed by atoms with Crippen LogP contribution in [0.3, 0.4) is 0 Å². The van der Waals surface area contributed by atoms with E-state index < -0.39 is 0 Å². The molecular weight excluding hydrogens is 226 g/mol. The van der Waals surface area contributed by atoms with Crippen LogP contribution in [-0.2, 0) is 4.79 Å². The summed E-state index contributed by atoms with van der Waals surface area (Å²) in [6, 6.07) is 1.72. The Morgan fingerprint density at radius 3 is 2.72 bits per heavy atom. The van der Waals surface area contributed by atoms with E-state index in [0.29, 0.717) is 17.8 Å². The molecule has 0 aromatic heterocycles. The number of carbonyl (C=O) groups excluding carboxylic acids is 1. The van der Waals surface area contributed by atoms with Gasteiger partial charge in [-0.15, -0.1) is 0 Å². The van der Waals surface area contributed by atoms with Crippen LogP contribution in [-0.4, -0.2) is 29.4 Å². The van der Waals surface area contributed by atoms with Crippen molar-refractivity contribution in [1.29, 1.82) is 5.26 Å². The zero-order chi connectivity index (χ0) is 12.7. The summed E-state index contributed by atoms with van der Waals surface area (Å²) in [4.78, 5) is 14.2. The van der Waals surface area contributed by atoms with Gasteiger partial charge in [0.2, 0.25) is 5.91 Å². The summed E-state index contributed by atoms with van der Waals surface area (Å²) in [7, 11) is 0. The molecule has 0 radical (unpaired) electrons. The minimum atomic E-state index is -0.376. The standard InChI is InChI=1S/C14H21N3O/c15-7-12-11-6-10(11)8-17(12)14(18)13(16)9-4-2-1-3-5-9/h9-13H,1-6,8,16H2. The van der Waals surface area contributed by atoms with E-state index in [1.165, 1.54) is 19.3 Å². The molecule has 1 saturated heterocycles. The normalized spacial score (nSPS) is 36.9. The van der Waals surface area contributed by atoms with E-state index in [1.54, 1.807) is 4.90 Å². The maximum atomic E-state index is 12.4. The lowest BCUT2D eigenvalue weighted by molar-refractivity contribution is -0.134. The number of nitrogens with two attached hydrogens (primary N) is 1. The predicted octanol–water partition coefficient (Wildman–Crippen LogP) is 1.26. The fraction of sp³-hybridized carbons (Fsp3) is 0.857. The summed E-state index contributed by atoms with van der Waals surface area (Å²) in [6.07, 6.45) is 6.93. The first-order valence-electron chi connectivity index (χ1n) is 7.18. The Morgan fingerprint density at radius 2 is 2.06 bits per heavy atom. The molecular formula is C14H21N3O. The Labute approximate surface area is 108 Å². The third-order valence-corrected chi connectivity index (χ3v) is 5.01. The lowest BCUT2D eigenvalue weighted by Crippen LogP contribution is -2.50. The first-order chi connectivity index (χ1) is 8.72. The number of fused-ring (bicyclic) bond motifs is 1. The first-order valence-corrected chi connectivity index (χ1v) is 7.18. The second kappa shape index (κ2) is 4.55. The molecule has 1 amide bonds. The number of rotatable bonds is 2. The van der Waals surface area contributed by atoms with Gasteiger partial charge in [-0.05, 0) is 37.0 Å². The summed E-state index contributed by atoms with van der Waals surface area (Å²) >= 11 is 0. The molecule has 3 fully saturated rings. The molecule has 1 aliphatic heterocycles. The van der Waals surface area contributed by atoms with Gasteiger partial charge in [-0.1, -0.05) is 19.3 Å². The molecule has 1 heterocycles. The van der Waals surface area contributed by atoms with Gasteiger partial charge in [0.15, 0.2) is 0 Å². The fourth-order valence-corrected chi connectivity index (χ4v) is 3.74. The van der Waals surface area contributed by atoms with Gasteiger partial charge in [0.1, 0.15) is 6.04 Å². The van der Waals surface area contributed by atoms with Gasteiger partial charge in [0.25, 0.3) is 0 Å². The minimum Gasteiger partial charge on any atom is -0.325 e. The van der Waals surface area contributed by atoms with E-state index in [9.17, 15) is 10.1 Å². The highest BCUT2D eigenvalue weighted by molar-refractivity contribution is 5.83. The van der Waals surface area contributed by atoms with Crippen LogP contribution in [0.1, 0.15) is 38.5 Å². The zero-order valence-corrected chi connectivity index (χ0v) is 10.7. The number of hydrogen-bond acceptors (Lipinski definition) is 3. The second-order valence-electron chi connectivity index (χ2n) is 6.15. The topological polar surface area (TPSA) is 70.1 Å². The van der Waals surface area contributed by atoms with Crippen LogP contribution in [0.5, 0.6) is 0 Å². The number of likely N-dealkylation sites (tertiary alicyclic amines) is 1. The van der Waals surface area contributed by atoms with Crippen molar-refractivity contribution in [1.82, 2.24) is 4.90 Å². The second-order valence-corrected chi connectivity index (χ2v) is 6.15. The molecule has 0 aromatic carbocycles. The quantitative estimate of drug-likeness (QED) is 0.798. The van der Waals surface area contributed by atoms with Crippen LogP contribution < -0.4 is 5.73 Å². The third kappa shape index (κ3) is 1.91. The highest BCUT2D eigenvalue weighted by Crippen LogP contribution is 2.49. The number of amides is 1. The lowest BCUT2D eigenvalue weighted by atomic mass is 9.83. The average molecular weight is 247 g/mol. The molecule has 4 atom stereocenters. The van der Waals surface area contributed by atoms with E-state index in [2.05, 4.69) is 6.07 Å². The van der Waals surface area contributed by atoms with Crippen molar-refractivity contribution in [3.05, 3.63) is 0 Å². The van der Waals surface area contributed by atoms with Crippen molar-refractivity contribution in [3.63, 3.8) is 0 Å². The summed E-state index contributed by atoms with van der Waals surface area (Å²) in [5, 5.41) is 9.19. The highest BCUT2D eigenvalue weighted by Gasteiger charge is 2.55. The molecule has 2 N–H and O–H groups in total. The summed E-state index contributed by atoms with van der Waals surface area (Å²) in [5.74, 6) is 1.39. The van der Waals surface area contributed by atoms with Crippen LogP contribution in [0.15, 0.2) is 0 Å². The van der Waals surface area contributed by atoms with Crippen LogP contribution in [0, 0.1) is 29.1 Å². The first kappa shape index (κ1) is 12.0. The minimum absolute atomic E-state index is 0.0284. The maximum Gasteiger partial charge on any atom is 0.240 e. The van der Waals surface area contributed by atoms with Gasteiger partial charge in [0.05, 0.1) is 12.1 Å². The Morgan fingerprint density at radius 1 is 1.33 bits per heavy atom. The van der Waals surface area contributed by atoms with Gasteiger partial charge in [-0.25, -0.2) is 0 Å². The number of nitriles is 1. The number of carbonyl (C=O) groups is 1. The van der Waals surface area contributed by atoms with Crippen molar-refractivity contribution < 1.29 is 4.79 Å². The molecule has 0 aromatic rings. The molecule has 0 bridgehead atoms. The number of hydrogen-bond donors (Lipinski definition) is 1. The van der Waals surface area contributed by atoms with E-state index >= 15 is 0 Å². The Bertz CT molecular complexity index is 383. The fourth-order valence-electron chi connectivity index (χ4n) is 3.74.